The molecule has 1 fully saturated rings. The summed E-state index contributed by atoms with van der Waals surface area (Å²) in [7, 11) is 1.81. The maximum Gasteiger partial charge on any atom is 0.0710 e. The van der Waals surface area contributed by atoms with Crippen LogP contribution in [0.1, 0.15) is 34.1 Å². The van der Waals surface area contributed by atoms with Crippen LogP contribution in [0.3, 0.4) is 0 Å². The van der Waals surface area contributed by atoms with E-state index in [1.165, 1.54) is 13.0 Å². The van der Waals surface area contributed by atoms with E-state index in [0.29, 0.717) is 12.1 Å². The highest BCUT2D eigenvalue weighted by Gasteiger charge is 2.26. The van der Waals surface area contributed by atoms with Crippen molar-refractivity contribution in [1.82, 2.24) is 10.2 Å². The fourth-order valence-corrected chi connectivity index (χ4v) is 1.93. The Balaban J connectivity index is 2.26. The highest BCUT2D eigenvalue weighted by atomic mass is 16.5. The molecule has 0 amide bonds. The van der Waals surface area contributed by atoms with Gasteiger partial charge in [-0.15, -0.1) is 0 Å². The van der Waals surface area contributed by atoms with Crippen LogP contribution in [0.5, 0.6) is 0 Å². The minimum atomic E-state index is 0.217. The lowest BCUT2D eigenvalue weighted by atomic mass is 10.1. The Morgan fingerprint density at radius 2 is 2.13 bits per heavy atom. The summed E-state index contributed by atoms with van der Waals surface area (Å²) in [4.78, 5) is 2.51. The summed E-state index contributed by atoms with van der Waals surface area (Å²) in [6.45, 7) is 12.2. The molecule has 1 rings (SSSR count). The standard InChI is InChI=1S/C12H26N2O/c1-10(8-13-12(2,3)4)14-7-6-11(9-14)15-5/h10-11,13H,6-9H2,1-5H3. The van der Waals surface area contributed by atoms with Crippen LogP contribution in [0.2, 0.25) is 0 Å². The molecule has 90 valence electrons. The largest absolute Gasteiger partial charge is 0.380 e. The van der Waals surface area contributed by atoms with Gasteiger partial charge in [-0.1, -0.05) is 0 Å². The molecule has 0 saturated carbocycles. The van der Waals surface area contributed by atoms with Crippen LogP contribution in [0.4, 0.5) is 0 Å². The van der Waals surface area contributed by atoms with Gasteiger partial charge in [0.25, 0.3) is 0 Å². The van der Waals surface area contributed by atoms with E-state index in [1.54, 1.807) is 0 Å². The molecular weight excluding hydrogens is 188 g/mol. The predicted octanol–water partition coefficient (Wildman–Crippen LogP) is 1.48. The van der Waals surface area contributed by atoms with Crippen molar-refractivity contribution in [3.63, 3.8) is 0 Å². The first-order valence-electron chi connectivity index (χ1n) is 5.94. The molecule has 0 aromatic rings. The second kappa shape index (κ2) is 5.28. The van der Waals surface area contributed by atoms with Crippen LogP contribution < -0.4 is 5.32 Å². The topological polar surface area (TPSA) is 24.5 Å². The average molecular weight is 214 g/mol. The zero-order valence-electron chi connectivity index (χ0n) is 10.8. The van der Waals surface area contributed by atoms with Crippen LogP contribution >= 0.6 is 0 Å². The maximum absolute atomic E-state index is 5.37. The van der Waals surface area contributed by atoms with E-state index in [-0.39, 0.29) is 5.54 Å². The van der Waals surface area contributed by atoms with E-state index >= 15 is 0 Å². The summed E-state index contributed by atoms with van der Waals surface area (Å²) in [6.07, 6.45) is 1.62. The molecule has 15 heavy (non-hydrogen) atoms. The third-order valence-electron chi connectivity index (χ3n) is 3.06. The Kier molecular flexibility index (Phi) is 4.56. The molecule has 1 aliphatic rings. The van der Waals surface area contributed by atoms with Gasteiger partial charge in [0.1, 0.15) is 0 Å². The van der Waals surface area contributed by atoms with Crippen LogP contribution in [-0.4, -0.2) is 49.3 Å². The van der Waals surface area contributed by atoms with Crippen molar-refractivity contribution in [2.45, 2.75) is 51.8 Å². The van der Waals surface area contributed by atoms with E-state index in [0.717, 1.165) is 13.1 Å². The van der Waals surface area contributed by atoms with Gasteiger partial charge in [-0.2, -0.15) is 0 Å². The van der Waals surface area contributed by atoms with Gasteiger partial charge in [-0.05, 0) is 34.1 Å². The Labute approximate surface area is 94.2 Å². The van der Waals surface area contributed by atoms with Gasteiger partial charge >= 0.3 is 0 Å². The molecule has 0 aliphatic carbocycles. The molecule has 3 nitrogen and oxygen atoms in total. The van der Waals surface area contributed by atoms with E-state index in [2.05, 4.69) is 37.9 Å². The maximum atomic E-state index is 5.37. The van der Waals surface area contributed by atoms with Crippen LogP contribution in [0.25, 0.3) is 0 Å². The van der Waals surface area contributed by atoms with Crippen molar-refractivity contribution in [3.05, 3.63) is 0 Å². The van der Waals surface area contributed by atoms with Crippen molar-refractivity contribution in [2.24, 2.45) is 0 Å². The number of nitrogens with zero attached hydrogens (tertiary/aromatic N) is 1. The van der Waals surface area contributed by atoms with Crippen molar-refractivity contribution in [3.8, 4) is 0 Å². The Hall–Kier alpha value is -0.120. The van der Waals surface area contributed by atoms with Gasteiger partial charge < -0.3 is 10.1 Å². The van der Waals surface area contributed by atoms with Crippen LogP contribution in [0, 0.1) is 0 Å². The summed E-state index contributed by atoms with van der Waals surface area (Å²) >= 11 is 0. The lowest BCUT2D eigenvalue weighted by Gasteiger charge is -2.28. The number of methoxy groups -OCH3 is 1. The van der Waals surface area contributed by atoms with Crippen LogP contribution in [-0.2, 0) is 4.74 Å². The van der Waals surface area contributed by atoms with E-state index < -0.39 is 0 Å². The van der Waals surface area contributed by atoms with Gasteiger partial charge in [-0.25, -0.2) is 0 Å². The van der Waals surface area contributed by atoms with Gasteiger partial charge in [-0.3, -0.25) is 4.90 Å². The first kappa shape index (κ1) is 12.9. The third-order valence-corrected chi connectivity index (χ3v) is 3.06. The first-order chi connectivity index (χ1) is 6.92. The molecule has 1 heterocycles. The highest BCUT2D eigenvalue weighted by Crippen LogP contribution is 2.14. The molecule has 2 atom stereocenters. The van der Waals surface area contributed by atoms with Crippen molar-refractivity contribution >= 4 is 0 Å². The molecule has 0 aromatic heterocycles. The Bertz CT molecular complexity index is 189. The van der Waals surface area contributed by atoms with E-state index in [4.69, 9.17) is 4.74 Å². The summed E-state index contributed by atoms with van der Waals surface area (Å²) < 4.78 is 5.37. The number of ether oxygens (including phenoxy) is 1. The zero-order valence-corrected chi connectivity index (χ0v) is 10.8. The minimum absolute atomic E-state index is 0.217. The van der Waals surface area contributed by atoms with Gasteiger partial charge in [0, 0.05) is 38.3 Å². The molecule has 1 saturated heterocycles. The average Bonchev–Trinajstić information content (AvgIpc) is 2.61. The number of nitrogens with one attached hydrogen (secondary N) is 1. The number of hydrogen-bond acceptors (Lipinski definition) is 3. The molecule has 0 aromatic carbocycles. The van der Waals surface area contributed by atoms with Crippen molar-refractivity contribution in [1.29, 1.82) is 0 Å². The highest BCUT2D eigenvalue weighted by molar-refractivity contribution is 4.82. The van der Waals surface area contributed by atoms with E-state index in [1.807, 2.05) is 7.11 Å². The minimum Gasteiger partial charge on any atom is -0.380 e. The number of rotatable bonds is 4. The van der Waals surface area contributed by atoms with Gasteiger partial charge in [0.15, 0.2) is 0 Å². The lowest BCUT2D eigenvalue weighted by Crippen LogP contribution is -2.45. The molecule has 0 spiro atoms. The lowest BCUT2D eigenvalue weighted by molar-refractivity contribution is 0.101. The third kappa shape index (κ3) is 4.49. The summed E-state index contributed by atoms with van der Waals surface area (Å²) in [5.41, 5.74) is 0.217. The Morgan fingerprint density at radius 3 is 2.60 bits per heavy atom. The summed E-state index contributed by atoms with van der Waals surface area (Å²) in [5, 5.41) is 3.55. The normalized spacial score (nSPS) is 25.8. The molecule has 0 radical (unpaired) electrons. The molecule has 1 N–H and O–H groups in total. The summed E-state index contributed by atoms with van der Waals surface area (Å²) in [5.74, 6) is 0. The second-order valence-electron chi connectivity index (χ2n) is 5.62. The van der Waals surface area contributed by atoms with Crippen LogP contribution in [0.15, 0.2) is 0 Å². The van der Waals surface area contributed by atoms with Gasteiger partial charge in [0.05, 0.1) is 6.10 Å². The summed E-state index contributed by atoms with van der Waals surface area (Å²) in [6, 6.07) is 0.601. The monoisotopic (exact) mass is 214 g/mol. The molecule has 3 heteroatoms. The second-order valence-corrected chi connectivity index (χ2v) is 5.62. The van der Waals surface area contributed by atoms with Crippen molar-refractivity contribution < 1.29 is 4.74 Å². The zero-order chi connectivity index (χ0) is 11.5. The molecular formula is C12H26N2O. The first-order valence-corrected chi connectivity index (χ1v) is 5.94. The number of likely N-dealkylation sites (tertiary alicyclic amines) is 1. The quantitative estimate of drug-likeness (QED) is 0.767. The fraction of sp³-hybridized carbons (Fsp3) is 1.00. The molecule has 2 unspecified atom stereocenters. The fourth-order valence-electron chi connectivity index (χ4n) is 1.93. The smallest absolute Gasteiger partial charge is 0.0710 e. The predicted molar refractivity (Wildman–Crippen MR) is 64.2 cm³/mol. The van der Waals surface area contributed by atoms with Crippen molar-refractivity contribution in [2.75, 3.05) is 26.7 Å². The van der Waals surface area contributed by atoms with Gasteiger partial charge in [0.2, 0.25) is 0 Å². The number of hydrogen-bond donors (Lipinski definition) is 1. The Morgan fingerprint density at radius 1 is 1.47 bits per heavy atom. The van der Waals surface area contributed by atoms with E-state index in [9.17, 15) is 0 Å². The SMILES string of the molecule is COC1CCN(C(C)CNC(C)(C)C)C1. The molecule has 1 aliphatic heterocycles. The molecule has 0 bridgehead atoms.